The highest BCUT2D eigenvalue weighted by atomic mass is 16.5. The van der Waals surface area contributed by atoms with Crippen molar-refractivity contribution >= 4 is 5.91 Å². The summed E-state index contributed by atoms with van der Waals surface area (Å²) >= 11 is 0. The summed E-state index contributed by atoms with van der Waals surface area (Å²) in [6.07, 6.45) is 3.67. The molecule has 1 aliphatic carbocycles. The number of pyridine rings is 2. The molecule has 114 valence electrons. The van der Waals surface area contributed by atoms with Crippen LogP contribution in [0.5, 0.6) is 5.88 Å². The monoisotopic (exact) mass is 299 g/mol. The smallest absolute Gasteiger partial charge is 0.268 e. The van der Waals surface area contributed by atoms with Gasteiger partial charge in [-0.15, -0.1) is 0 Å². The number of hydrogen-bond donors (Lipinski definition) is 1. The van der Waals surface area contributed by atoms with Gasteiger partial charge in [0.2, 0.25) is 5.88 Å². The van der Waals surface area contributed by atoms with Gasteiger partial charge in [-0.1, -0.05) is 0 Å². The molecule has 0 aromatic carbocycles. The Morgan fingerprint density at radius 3 is 2.68 bits per heavy atom. The van der Waals surface area contributed by atoms with Gasteiger partial charge in [-0.05, 0) is 43.4 Å². The van der Waals surface area contributed by atoms with E-state index in [0.717, 1.165) is 24.1 Å². The predicted molar refractivity (Wildman–Crippen MR) is 81.6 cm³/mol. The van der Waals surface area contributed by atoms with E-state index in [0.29, 0.717) is 17.5 Å². The zero-order valence-electron chi connectivity index (χ0n) is 12.5. The molecule has 6 nitrogen and oxygen atoms in total. The number of aromatic nitrogens is 2. The molecule has 1 fully saturated rings. The second-order valence-electron chi connectivity index (χ2n) is 5.46. The standard InChI is InChI=1S/C16H17N3O3/c1-9-7-14(22-2)18-8-13(9)19-12(10-3-4-10)6-5-11(15(17)20)16(19)21/h5-8,10H,3-4H2,1-2H3,(H2,17,20). The van der Waals surface area contributed by atoms with Crippen LogP contribution >= 0.6 is 0 Å². The normalized spacial score (nSPS) is 13.9. The predicted octanol–water partition coefficient (Wildman–Crippen LogP) is 1.53. The number of nitrogens with two attached hydrogens (primary N) is 1. The molecule has 0 bridgehead atoms. The van der Waals surface area contributed by atoms with E-state index in [1.54, 1.807) is 16.8 Å². The third-order valence-corrected chi connectivity index (χ3v) is 3.88. The topological polar surface area (TPSA) is 87.2 Å². The molecule has 0 unspecified atom stereocenters. The zero-order chi connectivity index (χ0) is 15.9. The van der Waals surface area contributed by atoms with Gasteiger partial charge in [0.15, 0.2) is 0 Å². The van der Waals surface area contributed by atoms with Gasteiger partial charge < -0.3 is 10.5 Å². The molecule has 6 heteroatoms. The van der Waals surface area contributed by atoms with Gasteiger partial charge in [0, 0.05) is 11.8 Å². The fourth-order valence-electron chi connectivity index (χ4n) is 2.55. The van der Waals surface area contributed by atoms with Crippen LogP contribution in [0.4, 0.5) is 0 Å². The molecular weight excluding hydrogens is 282 g/mol. The van der Waals surface area contributed by atoms with Crippen molar-refractivity contribution in [2.24, 2.45) is 5.73 Å². The first kappa shape index (κ1) is 14.3. The van der Waals surface area contributed by atoms with Crippen LogP contribution in [0.1, 0.15) is 40.4 Å². The van der Waals surface area contributed by atoms with Crippen LogP contribution in [-0.2, 0) is 0 Å². The summed E-state index contributed by atoms with van der Waals surface area (Å²) in [6, 6.07) is 5.08. The molecule has 0 spiro atoms. The summed E-state index contributed by atoms with van der Waals surface area (Å²) < 4.78 is 6.65. The first-order valence-corrected chi connectivity index (χ1v) is 7.09. The number of rotatable bonds is 4. The van der Waals surface area contributed by atoms with E-state index < -0.39 is 11.5 Å². The van der Waals surface area contributed by atoms with Gasteiger partial charge in [0.25, 0.3) is 11.5 Å². The number of nitrogens with zero attached hydrogens (tertiary/aromatic N) is 2. The SMILES string of the molecule is COc1cc(C)c(-n2c(C3CC3)ccc(C(N)=O)c2=O)cn1. The summed E-state index contributed by atoms with van der Waals surface area (Å²) in [7, 11) is 1.54. The molecular formula is C16H17N3O3. The molecule has 1 saturated carbocycles. The second-order valence-corrected chi connectivity index (χ2v) is 5.46. The number of carbonyl (C=O) groups excluding carboxylic acids is 1. The lowest BCUT2D eigenvalue weighted by Crippen LogP contribution is -2.30. The zero-order valence-corrected chi connectivity index (χ0v) is 12.5. The number of methoxy groups -OCH3 is 1. The lowest BCUT2D eigenvalue weighted by molar-refractivity contribution is 0.0998. The van der Waals surface area contributed by atoms with E-state index in [1.165, 1.54) is 13.2 Å². The quantitative estimate of drug-likeness (QED) is 0.927. The highest BCUT2D eigenvalue weighted by Crippen LogP contribution is 2.40. The molecule has 0 saturated heterocycles. The van der Waals surface area contributed by atoms with Gasteiger partial charge >= 0.3 is 0 Å². The Bertz CT molecular complexity index is 807. The van der Waals surface area contributed by atoms with Crippen LogP contribution in [0, 0.1) is 6.92 Å². The largest absolute Gasteiger partial charge is 0.481 e. The number of carbonyl (C=O) groups is 1. The van der Waals surface area contributed by atoms with Crippen molar-refractivity contribution in [3.05, 3.63) is 51.6 Å². The van der Waals surface area contributed by atoms with Crippen molar-refractivity contribution in [3.8, 4) is 11.6 Å². The Morgan fingerprint density at radius 1 is 1.41 bits per heavy atom. The van der Waals surface area contributed by atoms with Crippen molar-refractivity contribution in [1.29, 1.82) is 0 Å². The number of hydrogen-bond acceptors (Lipinski definition) is 4. The number of ether oxygens (including phenoxy) is 1. The maximum atomic E-state index is 12.7. The minimum atomic E-state index is -0.722. The summed E-state index contributed by atoms with van der Waals surface area (Å²) in [5.41, 5.74) is 7.28. The molecule has 1 aliphatic rings. The average Bonchev–Trinajstić information content (AvgIpc) is 3.31. The van der Waals surface area contributed by atoms with Gasteiger partial charge in [-0.25, -0.2) is 4.98 Å². The third kappa shape index (κ3) is 2.36. The van der Waals surface area contributed by atoms with Crippen LogP contribution in [0.15, 0.2) is 29.2 Å². The van der Waals surface area contributed by atoms with E-state index in [2.05, 4.69) is 4.98 Å². The van der Waals surface area contributed by atoms with Gasteiger partial charge in [0.1, 0.15) is 5.56 Å². The molecule has 2 N–H and O–H groups in total. The van der Waals surface area contributed by atoms with E-state index in [9.17, 15) is 9.59 Å². The first-order valence-electron chi connectivity index (χ1n) is 7.09. The number of primary amides is 1. The number of aryl methyl sites for hydroxylation is 1. The highest BCUT2D eigenvalue weighted by Gasteiger charge is 2.29. The Balaban J connectivity index is 2.26. The molecule has 0 atom stereocenters. The Labute approximate surface area is 127 Å². The first-order chi connectivity index (χ1) is 10.5. The molecule has 2 heterocycles. The molecule has 0 radical (unpaired) electrons. The van der Waals surface area contributed by atoms with E-state index >= 15 is 0 Å². The van der Waals surface area contributed by atoms with Gasteiger partial charge in [-0.3, -0.25) is 14.2 Å². The maximum absolute atomic E-state index is 12.7. The average molecular weight is 299 g/mol. The maximum Gasteiger partial charge on any atom is 0.268 e. The van der Waals surface area contributed by atoms with Gasteiger partial charge in [0.05, 0.1) is 19.0 Å². The minimum Gasteiger partial charge on any atom is -0.481 e. The number of amides is 1. The van der Waals surface area contributed by atoms with Crippen molar-refractivity contribution in [2.45, 2.75) is 25.7 Å². The summed E-state index contributed by atoms with van der Waals surface area (Å²) in [6.45, 7) is 1.87. The molecule has 1 amide bonds. The van der Waals surface area contributed by atoms with Crippen molar-refractivity contribution in [3.63, 3.8) is 0 Å². The Morgan fingerprint density at radius 2 is 2.14 bits per heavy atom. The fraction of sp³-hybridized carbons (Fsp3) is 0.312. The Kier molecular flexibility index (Phi) is 3.44. The van der Waals surface area contributed by atoms with E-state index in [1.807, 2.05) is 13.0 Å². The fourth-order valence-corrected chi connectivity index (χ4v) is 2.55. The summed E-state index contributed by atoms with van der Waals surface area (Å²) in [5, 5.41) is 0. The molecule has 22 heavy (non-hydrogen) atoms. The van der Waals surface area contributed by atoms with Crippen LogP contribution in [0.3, 0.4) is 0 Å². The van der Waals surface area contributed by atoms with E-state index in [-0.39, 0.29) is 5.56 Å². The van der Waals surface area contributed by atoms with Crippen LogP contribution < -0.4 is 16.0 Å². The molecule has 0 aliphatic heterocycles. The molecule has 2 aromatic heterocycles. The van der Waals surface area contributed by atoms with Crippen molar-refractivity contribution < 1.29 is 9.53 Å². The van der Waals surface area contributed by atoms with Gasteiger partial charge in [-0.2, -0.15) is 0 Å². The third-order valence-electron chi connectivity index (χ3n) is 3.88. The van der Waals surface area contributed by atoms with Crippen molar-refractivity contribution in [1.82, 2.24) is 9.55 Å². The van der Waals surface area contributed by atoms with Crippen molar-refractivity contribution in [2.75, 3.05) is 7.11 Å². The molecule has 3 rings (SSSR count). The van der Waals surface area contributed by atoms with E-state index in [4.69, 9.17) is 10.5 Å². The molecule has 2 aromatic rings. The van der Waals surface area contributed by atoms with Crippen LogP contribution in [-0.4, -0.2) is 22.6 Å². The second kappa shape index (κ2) is 5.29. The summed E-state index contributed by atoms with van der Waals surface area (Å²) in [5.74, 6) is 0.102. The highest BCUT2D eigenvalue weighted by molar-refractivity contribution is 5.92. The van der Waals surface area contributed by atoms with Crippen LogP contribution in [0.25, 0.3) is 5.69 Å². The minimum absolute atomic E-state index is 0.0142. The lowest BCUT2D eigenvalue weighted by atomic mass is 10.1. The lowest BCUT2D eigenvalue weighted by Gasteiger charge is -2.16. The van der Waals surface area contributed by atoms with Crippen LogP contribution in [0.2, 0.25) is 0 Å². The summed E-state index contributed by atoms with van der Waals surface area (Å²) in [4.78, 5) is 28.3. The Hall–Kier alpha value is -2.63.